The second-order valence-corrected chi connectivity index (χ2v) is 4.63. The van der Waals surface area contributed by atoms with Crippen LogP contribution in [-0.4, -0.2) is 22.0 Å². The van der Waals surface area contributed by atoms with E-state index in [1.807, 2.05) is 35.0 Å². The molecule has 1 aromatic carbocycles. The summed E-state index contributed by atoms with van der Waals surface area (Å²) in [7, 11) is 0. The third kappa shape index (κ3) is 3.93. The van der Waals surface area contributed by atoms with Gasteiger partial charge in [-0.2, -0.15) is 0 Å². The Bertz CT molecular complexity index is 537. The molecule has 106 valence electrons. The Balaban J connectivity index is 1.97. The fourth-order valence-corrected chi connectivity index (χ4v) is 2.03. The van der Waals surface area contributed by atoms with Crippen LogP contribution >= 0.6 is 0 Å². The number of carbonyl (C=O) groups is 1. The first kappa shape index (κ1) is 14.3. The highest BCUT2D eigenvalue weighted by atomic mass is 16.1. The molecule has 0 fully saturated rings. The number of nitrogens with one attached hydrogen (secondary N) is 1. The number of carbonyl (C=O) groups excluding carboxylic acids is 1. The normalized spacial score (nSPS) is 10.4. The lowest BCUT2D eigenvalue weighted by Gasteiger charge is -2.11. The van der Waals surface area contributed by atoms with E-state index in [0.717, 1.165) is 30.6 Å². The number of para-hydroxylation sites is 2. The first-order valence-corrected chi connectivity index (χ1v) is 6.88. The predicted molar refractivity (Wildman–Crippen MR) is 79.7 cm³/mol. The van der Waals surface area contributed by atoms with E-state index in [4.69, 9.17) is 5.73 Å². The van der Waals surface area contributed by atoms with E-state index < -0.39 is 0 Å². The quantitative estimate of drug-likeness (QED) is 0.760. The van der Waals surface area contributed by atoms with E-state index >= 15 is 0 Å². The first-order chi connectivity index (χ1) is 9.81. The second-order valence-electron chi connectivity index (χ2n) is 4.63. The summed E-state index contributed by atoms with van der Waals surface area (Å²) in [5.41, 5.74) is 7.15. The highest BCUT2D eigenvalue weighted by Crippen LogP contribution is 2.19. The molecule has 1 amide bonds. The smallest absolute Gasteiger partial charge is 0.224 e. The van der Waals surface area contributed by atoms with Crippen LogP contribution in [0.3, 0.4) is 0 Å². The molecular formula is C15H20N4O. The minimum absolute atomic E-state index is 0.0367. The molecule has 1 heterocycles. The lowest BCUT2D eigenvalue weighted by atomic mass is 10.2. The highest BCUT2D eigenvalue weighted by molar-refractivity contribution is 5.92. The molecule has 3 N–H and O–H groups in total. The van der Waals surface area contributed by atoms with E-state index in [-0.39, 0.29) is 5.91 Å². The van der Waals surface area contributed by atoms with E-state index in [9.17, 15) is 4.79 Å². The summed E-state index contributed by atoms with van der Waals surface area (Å²) in [5.74, 6) is 0.0367. The number of hydrogen-bond donors (Lipinski definition) is 2. The van der Waals surface area contributed by atoms with E-state index in [0.29, 0.717) is 13.0 Å². The van der Waals surface area contributed by atoms with Gasteiger partial charge in [0.15, 0.2) is 0 Å². The Morgan fingerprint density at radius 1 is 1.25 bits per heavy atom. The van der Waals surface area contributed by atoms with Crippen LogP contribution in [0.2, 0.25) is 0 Å². The number of amides is 1. The molecule has 0 spiro atoms. The Labute approximate surface area is 118 Å². The van der Waals surface area contributed by atoms with Crippen LogP contribution in [0.25, 0.3) is 5.69 Å². The van der Waals surface area contributed by atoms with Crippen LogP contribution in [0, 0.1) is 0 Å². The van der Waals surface area contributed by atoms with Gasteiger partial charge >= 0.3 is 0 Å². The van der Waals surface area contributed by atoms with E-state index in [2.05, 4.69) is 10.3 Å². The van der Waals surface area contributed by atoms with Gasteiger partial charge in [0.25, 0.3) is 0 Å². The Morgan fingerprint density at radius 2 is 2.10 bits per heavy atom. The van der Waals surface area contributed by atoms with Crippen molar-refractivity contribution in [1.82, 2.24) is 9.55 Å². The van der Waals surface area contributed by atoms with Crippen molar-refractivity contribution < 1.29 is 4.79 Å². The standard InChI is InChI=1S/C15H20N4O/c16-9-5-1-2-8-15(20)18-13-6-3-4-7-14(13)19-11-10-17-12-19/h3-4,6-7,10-12H,1-2,5,8-9,16H2,(H,18,20). The van der Waals surface area contributed by atoms with Crippen LogP contribution in [-0.2, 0) is 4.79 Å². The largest absolute Gasteiger partial charge is 0.330 e. The average molecular weight is 272 g/mol. The molecule has 0 aliphatic carbocycles. The fourth-order valence-electron chi connectivity index (χ4n) is 2.03. The number of hydrogen-bond acceptors (Lipinski definition) is 3. The van der Waals surface area contributed by atoms with Gasteiger partial charge in [-0.15, -0.1) is 0 Å². The average Bonchev–Trinajstić information content (AvgIpc) is 2.98. The van der Waals surface area contributed by atoms with Gasteiger partial charge in [0.05, 0.1) is 17.7 Å². The van der Waals surface area contributed by atoms with Gasteiger partial charge < -0.3 is 15.6 Å². The van der Waals surface area contributed by atoms with Crippen LogP contribution < -0.4 is 11.1 Å². The van der Waals surface area contributed by atoms with Crippen molar-refractivity contribution in [3.05, 3.63) is 43.0 Å². The molecule has 0 aliphatic rings. The number of nitrogens with zero attached hydrogens (tertiary/aromatic N) is 2. The zero-order valence-electron chi connectivity index (χ0n) is 11.5. The number of rotatable bonds is 7. The molecule has 0 saturated heterocycles. The van der Waals surface area contributed by atoms with Gasteiger partial charge in [-0.05, 0) is 31.5 Å². The Hall–Kier alpha value is -2.14. The Kier molecular flexibility index (Phi) is 5.32. The van der Waals surface area contributed by atoms with Crippen molar-refractivity contribution >= 4 is 11.6 Å². The molecule has 0 aliphatic heterocycles. The fraction of sp³-hybridized carbons (Fsp3) is 0.333. The molecule has 2 aromatic rings. The van der Waals surface area contributed by atoms with Crippen LogP contribution in [0.1, 0.15) is 25.7 Å². The number of benzene rings is 1. The lowest BCUT2D eigenvalue weighted by Crippen LogP contribution is -2.13. The molecule has 5 heteroatoms. The minimum atomic E-state index is 0.0367. The van der Waals surface area contributed by atoms with Crippen LogP contribution in [0.5, 0.6) is 0 Å². The third-order valence-corrected chi connectivity index (χ3v) is 3.07. The predicted octanol–water partition coefficient (Wildman–Crippen LogP) is 2.33. The Morgan fingerprint density at radius 3 is 2.85 bits per heavy atom. The summed E-state index contributed by atoms with van der Waals surface area (Å²) >= 11 is 0. The van der Waals surface area contributed by atoms with Gasteiger partial charge in [0, 0.05) is 18.8 Å². The maximum atomic E-state index is 11.9. The topological polar surface area (TPSA) is 72.9 Å². The van der Waals surface area contributed by atoms with Crippen LogP contribution in [0.4, 0.5) is 5.69 Å². The molecule has 0 unspecified atom stereocenters. The number of aromatic nitrogens is 2. The number of imidazole rings is 1. The molecule has 20 heavy (non-hydrogen) atoms. The lowest BCUT2D eigenvalue weighted by molar-refractivity contribution is -0.116. The summed E-state index contributed by atoms with van der Waals surface area (Å²) in [6.07, 6.45) is 8.64. The van der Waals surface area contributed by atoms with Crippen molar-refractivity contribution in [2.24, 2.45) is 5.73 Å². The molecule has 2 rings (SSSR count). The van der Waals surface area contributed by atoms with Gasteiger partial charge in [-0.25, -0.2) is 4.98 Å². The van der Waals surface area contributed by atoms with Gasteiger partial charge in [0.2, 0.25) is 5.91 Å². The molecule has 0 atom stereocenters. The summed E-state index contributed by atoms with van der Waals surface area (Å²) in [5, 5.41) is 2.96. The maximum absolute atomic E-state index is 11.9. The highest BCUT2D eigenvalue weighted by Gasteiger charge is 2.07. The van der Waals surface area contributed by atoms with Crippen LogP contribution in [0.15, 0.2) is 43.0 Å². The van der Waals surface area contributed by atoms with Crippen molar-refractivity contribution in [1.29, 1.82) is 0 Å². The summed E-state index contributed by atoms with van der Waals surface area (Å²) in [4.78, 5) is 16.0. The minimum Gasteiger partial charge on any atom is -0.330 e. The third-order valence-electron chi connectivity index (χ3n) is 3.07. The first-order valence-electron chi connectivity index (χ1n) is 6.88. The van der Waals surface area contributed by atoms with E-state index in [1.54, 1.807) is 12.5 Å². The molecule has 0 bridgehead atoms. The summed E-state index contributed by atoms with van der Waals surface area (Å²) in [6, 6.07) is 7.69. The van der Waals surface area contributed by atoms with Crippen molar-refractivity contribution in [3.8, 4) is 5.69 Å². The monoisotopic (exact) mass is 272 g/mol. The van der Waals surface area contributed by atoms with E-state index in [1.165, 1.54) is 0 Å². The zero-order valence-corrected chi connectivity index (χ0v) is 11.5. The van der Waals surface area contributed by atoms with Gasteiger partial charge in [0.1, 0.15) is 0 Å². The number of anilines is 1. The molecule has 0 saturated carbocycles. The SMILES string of the molecule is NCCCCCC(=O)Nc1ccccc1-n1ccnc1. The maximum Gasteiger partial charge on any atom is 0.224 e. The number of nitrogens with two attached hydrogens (primary N) is 1. The van der Waals surface area contributed by atoms with Gasteiger partial charge in [-0.3, -0.25) is 4.79 Å². The summed E-state index contributed by atoms with van der Waals surface area (Å²) < 4.78 is 1.88. The summed E-state index contributed by atoms with van der Waals surface area (Å²) in [6.45, 7) is 0.686. The molecule has 5 nitrogen and oxygen atoms in total. The zero-order chi connectivity index (χ0) is 14.2. The molecular weight excluding hydrogens is 252 g/mol. The molecule has 0 radical (unpaired) electrons. The number of unbranched alkanes of at least 4 members (excludes halogenated alkanes) is 2. The van der Waals surface area contributed by atoms with Crippen molar-refractivity contribution in [3.63, 3.8) is 0 Å². The van der Waals surface area contributed by atoms with Crippen molar-refractivity contribution in [2.75, 3.05) is 11.9 Å². The second kappa shape index (κ2) is 7.45. The molecule has 1 aromatic heterocycles. The van der Waals surface area contributed by atoms with Gasteiger partial charge in [-0.1, -0.05) is 18.6 Å². The van der Waals surface area contributed by atoms with Crippen molar-refractivity contribution in [2.45, 2.75) is 25.7 Å².